The maximum atomic E-state index is 11.6. The molecule has 3 aromatic rings. The fraction of sp³-hybridized carbons (Fsp3) is 0.0588. The van der Waals surface area contributed by atoms with E-state index < -0.39 is 5.97 Å². The minimum atomic E-state index is -0.953. The number of carboxylic acids is 1. The predicted molar refractivity (Wildman–Crippen MR) is 86.6 cm³/mol. The third-order valence-electron chi connectivity index (χ3n) is 3.40. The Kier molecular flexibility index (Phi) is 3.47. The van der Waals surface area contributed by atoms with Crippen LogP contribution in [0.1, 0.15) is 15.9 Å². The first kappa shape index (κ1) is 13.8. The van der Waals surface area contributed by atoms with Crippen LogP contribution in [0.15, 0.2) is 53.0 Å². The fourth-order valence-electron chi connectivity index (χ4n) is 2.32. The molecule has 0 spiro atoms. The van der Waals surface area contributed by atoms with E-state index >= 15 is 0 Å². The minimum Gasteiger partial charge on any atom is -0.478 e. The van der Waals surface area contributed by atoms with Gasteiger partial charge >= 0.3 is 5.97 Å². The molecule has 0 amide bonds. The van der Waals surface area contributed by atoms with Gasteiger partial charge in [0, 0.05) is 15.4 Å². The lowest BCUT2D eigenvalue weighted by atomic mass is 10.0. The van der Waals surface area contributed by atoms with Crippen LogP contribution in [0, 0.1) is 6.92 Å². The molecule has 0 saturated carbocycles. The minimum absolute atomic E-state index is 0.259. The molecule has 1 aromatic heterocycles. The highest BCUT2D eigenvalue weighted by atomic mass is 79.9. The topological polar surface area (TPSA) is 50.2 Å². The second-order valence-corrected chi connectivity index (χ2v) is 5.61. The molecule has 0 atom stereocenters. The summed E-state index contributed by atoms with van der Waals surface area (Å²) >= 11 is 3.48. The zero-order valence-corrected chi connectivity index (χ0v) is 12.9. The van der Waals surface area contributed by atoms with E-state index in [4.69, 9.17) is 0 Å². The molecule has 1 N–H and O–H groups in total. The van der Waals surface area contributed by atoms with Gasteiger partial charge in [-0.25, -0.2) is 9.78 Å². The van der Waals surface area contributed by atoms with E-state index in [9.17, 15) is 9.90 Å². The van der Waals surface area contributed by atoms with Crippen molar-refractivity contribution in [1.29, 1.82) is 0 Å². The fourth-order valence-corrected chi connectivity index (χ4v) is 2.86. The number of carbonyl (C=O) groups is 1. The summed E-state index contributed by atoms with van der Waals surface area (Å²) in [5.41, 5.74) is 3.48. The Morgan fingerprint density at radius 2 is 1.86 bits per heavy atom. The number of aromatic carboxylic acids is 1. The number of nitrogens with zero attached hydrogens (tertiary/aromatic N) is 1. The summed E-state index contributed by atoms with van der Waals surface area (Å²) in [5, 5.41) is 10.2. The molecule has 3 nitrogen and oxygen atoms in total. The van der Waals surface area contributed by atoms with E-state index in [-0.39, 0.29) is 5.56 Å². The quantitative estimate of drug-likeness (QED) is 0.736. The summed E-state index contributed by atoms with van der Waals surface area (Å²) < 4.78 is 0.782. The summed E-state index contributed by atoms with van der Waals surface area (Å²) in [6.45, 7) is 1.93. The van der Waals surface area contributed by atoms with Gasteiger partial charge in [0.2, 0.25) is 0 Å². The average Bonchev–Trinajstić information content (AvgIpc) is 2.50. The van der Waals surface area contributed by atoms with Crippen molar-refractivity contribution in [2.75, 3.05) is 0 Å². The number of carboxylic acid groups (broad SMARTS) is 1. The molecule has 0 fully saturated rings. The zero-order valence-electron chi connectivity index (χ0n) is 11.3. The molecule has 3 rings (SSSR count). The Hall–Kier alpha value is -2.20. The van der Waals surface area contributed by atoms with Gasteiger partial charge in [0.1, 0.15) is 0 Å². The summed E-state index contributed by atoms with van der Waals surface area (Å²) in [7, 11) is 0. The van der Waals surface area contributed by atoms with E-state index in [0.717, 1.165) is 15.6 Å². The zero-order chi connectivity index (χ0) is 15.0. The molecule has 104 valence electrons. The number of aromatic nitrogens is 1. The van der Waals surface area contributed by atoms with Gasteiger partial charge in [0.05, 0.1) is 16.8 Å². The largest absolute Gasteiger partial charge is 0.478 e. The van der Waals surface area contributed by atoms with E-state index in [1.54, 1.807) is 6.07 Å². The molecule has 0 bridgehead atoms. The van der Waals surface area contributed by atoms with Crippen molar-refractivity contribution in [3.8, 4) is 11.3 Å². The highest BCUT2D eigenvalue weighted by Crippen LogP contribution is 2.32. The third kappa shape index (κ3) is 2.43. The number of hydrogen-bond donors (Lipinski definition) is 1. The number of rotatable bonds is 2. The van der Waals surface area contributed by atoms with Crippen molar-refractivity contribution in [2.24, 2.45) is 0 Å². The highest BCUT2D eigenvalue weighted by Gasteiger charge is 2.16. The number of benzene rings is 2. The van der Waals surface area contributed by atoms with Crippen LogP contribution in [-0.4, -0.2) is 16.1 Å². The van der Waals surface area contributed by atoms with Crippen molar-refractivity contribution >= 4 is 32.8 Å². The third-order valence-corrected chi connectivity index (χ3v) is 4.43. The molecule has 1 heterocycles. The Labute approximate surface area is 130 Å². The first-order valence-electron chi connectivity index (χ1n) is 6.46. The van der Waals surface area contributed by atoms with Gasteiger partial charge in [-0.05, 0) is 40.5 Å². The molecule has 4 heteroatoms. The maximum Gasteiger partial charge on any atom is 0.336 e. The lowest BCUT2D eigenvalue weighted by Gasteiger charge is -2.10. The monoisotopic (exact) mass is 341 g/mol. The van der Waals surface area contributed by atoms with Crippen LogP contribution in [0.5, 0.6) is 0 Å². The van der Waals surface area contributed by atoms with E-state index in [1.807, 2.05) is 49.4 Å². The van der Waals surface area contributed by atoms with Crippen molar-refractivity contribution in [2.45, 2.75) is 6.92 Å². The van der Waals surface area contributed by atoms with Gasteiger partial charge in [0.25, 0.3) is 0 Å². The standard InChI is InChI=1S/C17H12BrNO2/c1-10-7-8-13-15(16(10)18)12(17(20)21)9-14(19-13)11-5-3-2-4-6-11/h2-9H,1H3,(H,20,21). The Morgan fingerprint density at radius 1 is 1.14 bits per heavy atom. The second-order valence-electron chi connectivity index (χ2n) is 4.82. The Bertz CT molecular complexity index is 844. The molecule has 0 aliphatic carbocycles. The normalized spacial score (nSPS) is 10.8. The smallest absolute Gasteiger partial charge is 0.336 e. The van der Waals surface area contributed by atoms with Crippen molar-refractivity contribution in [3.05, 3.63) is 64.1 Å². The van der Waals surface area contributed by atoms with Gasteiger partial charge in [-0.2, -0.15) is 0 Å². The number of pyridine rings is 1. The summed E-state index contributed by atoms with van der Waals surface area (Å²) in [6.07, 6.45) is 0. The number of hydrogen-bond acceptors (Lipinski definition) is 2. The lowest BCUT2D eigenvalue weighted by molar-refractivity contribution is 0.0699. The van der Waals surface area contributed by atoms with Crippen molar-refractivity contribution in [3.63, 3.8) is 0 Å². The highest BCUT2D eigenvalue weighted by molar-refractivity contribution is 9.10. The van der Waals surface area contributed by atoms with Gasteiger partial charge in [-0.3, -0.25) is 0 Å². The van der Waals surface area contributed by atoms with Gasteiger partial charge < -0.3 is 5.11 Å². The van der Waals surface area contributed by atoms with E-state index in [2.05, 4.69) is 20.9 Å². The van der Waals surface area contributed by atoms with Gasteiger partial charge in [-0.1, -0.05) is 36.4 Å². The van der Waals surface area contributed by atoms with Crippen LogP contribution in [0.25, 0.3) is 22.2 Å². The Morgan fingerprint density at radius 3 is 2.52 bits per heavy atom. The number of fused-ring (bicyclic) bond motifs is 1. The molecule has 2 aromatic carbocycles. The molecule has 0 unspecified atom stereocenters. The molecular weight excluding hydrogens is 330 g/mol. The summed E-state index contributed by atoms with van der Waals surface area (Å²) in [6, 6.07) is 15.0. The van der Waals surface area contributed by atoms with E-state index in [1.165, 1.54) is 0 Å². The van der Waals surface area contributed by atoms with Crippen LogP contribution < -0.4 is 0 Å². The van der Waals surface area contributed by atoms with Crippen LogP contribution in [0.4, 0.5) is 0 Å². The molecule has 0 aliphatic heterocycles. The molecule has 0 saturated heterocycles. The predicted octanol–water partition coefficient (Wildman–Crippen LogP) is 4.67. The second kappa shape index (κ2) is 5.30. The van der Waals surface area contributed by atoms with Gasteiger partial charge in [0.15, 0.2) is 0 Å². The van der Waals surface area contributed by atoms with Crippen molar-refractivity contribution < 1.29 is 9.90 Å². The SMILES string of the molecule is Cc1ccc2nc(-c3ccccc3)cc(C(=O)O)c2c1Br. The van der Waals surface area contributed by atoms with Crippen LogP contribution in [0.2, 0.25) is 0 Å². The van der Waals surface area contributed by atoms with Crippen molar-refractivity contribution in [1.82, 2.24) is 4.98 Å². The van der Waals surface area contributed by atoms with Crippen LogP contribution in [0.3, 0.4) is 0 Å². The van der Waals surface area contributed by atoms with Crippen LogP contribution >= 0.6 is 15.9 Å². The molecule has 21 heavy (non-hydrogen) atoms. The molecule has 0 aliphatic rings. The first-order chi connectivity index (χ1) is 10.1. The maximum absolute atomic E-state index is 11.6. The number of aryl methyl sites for hydroxylation is 1. The van der Waals surface area contributed by atoms with E-state index in [0.29, 0.717) is 16.6 Å². The molecule has 0 radical (unpaired) electrons. The summed E-state index contributed by atoms with van der Waals surface area (Å²) in [5.74, 6) is -0.953. The Balaban J connectivity index is 2.37. The van der Waals surface area contributed by atoms with Crippen LogP contribution in [-0.2, 0) is 0 Å². The first-order valence-corrected chi connectivity index (χ1v) is 7.26. The molecular formula is C17H12BrNO2. The lowest BCUT2D eigenvalue weighted by Crippen LogP contribution is -2.01. The average molecular weight is 342 g/mol. The number of halogens is 1. The summed E-state index contributed by atoms with van der Waals surface area (Å²) in [4.78, 5) is 16.2. The van der Waals surface area contributed by atoms with Gasteiger partial charge in [-0.15, -0.1) is 0 Å².